The molecule has 0 bridgehead atoms. The molecule has 106 valence electrons. The van der Waals surface area contributed by atoms with Gasteiger partial charge in [-0.25, -0.2) is 0 Å². The molecule has 2 rings (SSSR count). The monoisotopic (exact) mass is 283 g/mol. The van der Waals surface area contributed by atoms with Gasteiger partial charge in [0.2, 0.25) is 5.78 Å². The van der Waals surface area contributed by atoms with Crippen LogP contribution in [0.2, 0.25) is 5.02 Å². The Balaban J connectivity index is 2.42. The smallest absolute Gasteiger partial charge is 0.202 e. The molecule has 0 atom stereocenters. The summed E-state index contributed by atoms with van der Waals surface area (Å²) in [5.41, 5.74) is 0.177. The third kappa shape index (κ3) is 2.32. The van der Waals surface area contributed by atoms with Gasteiger partial charge >= 0.3 is 0 Å². The average molecular weight is 284 g/mol. The Morgan fingerprint density at radius 3 is 2.42 bits per heavy atom. The van der Waals surface area contributed by atoms with Crippen molar-refractivity contribution >= 4 is 17.4 Å². The highest BCUT2D eigenvalue weighted by atomic mass is 35.5. The molecule has 1 fully saturated rings. The number of carbonyl (C=O) groups excluding carboxylic acids is 1. The Bertz CT molecular complexity index is 440. The number of ketones is 1. The maximum atomic E-state index is 13.0. The first kappa shape index (κ1) is 14.5. The van der Waals surface area contributed by atoms with Gasteiger partial charge in [-0.05, 0) is 25.9 Å². The number of halogens is 1. The van der Waals surface area contributed by atoms with E-state index in [4.69, 9.17) is 11.6 Å². The normalized spacial score (nSPS) is 18.2. The zero-order valence-electron chi connectivity index (χ0n) is 11.9. The summed E-state index contributed by atoms with van der Waals surface area (Å²) in [7, 11) is 1.78. The fourth-order valence-electron chi connectivity index (χ4n) is 3.36. The van der Waals surface area contributed by atoms with E-state index in [2.05, 4.69) is 23.8 Å². The molecule has 0 aliphatic heterocycles. The predicted octanol–water partition coefficient (Wildman–Crippen LogP) is 2.91. The quantitative estimate of drug-likeness (QED) is 0.780. The number of likely N-dealkylation sites (N-methyl/N-ethyl adjacent to an activating group) is 1. The minimum absolute atomic E-state index is 0.138. The second kappa shape index (κ2) is 5.63. The lowest BCUT2D eigenvalue weighted by Crippen LogP contribution is -2.53. The van der Waals surface area contributed by atoms with Crippen molar-refractivity contribution in [1.82, 2.24) is 14.7 Å². The highest BCUT2D eigenvalue weighted by molar-refractivity contribution is 6.34. The molecule has 5 heteroatoms. The van der Waals surface area contributed by atoms with Gasteiger partial charge in [0.15, 0.2) is 0 Å². The van der Waals surface area contributed by atoms with E-state index in [1.165, 1.54) is 0 Å². The molecule has 0 aromatic carbocycles. The highest BCUT2D eigenvalue weighted by Crippen LogP contribution is 2.39. The predicted molar refractivity (Wildman–Crippen MR) is 76.7 cm³/mol. The van der Waals surface area contributed by atoms with E-state index in [1.54, 1.807) is 17.9 Å². The molecule has 0 saturated heterocycles. The van der Waals surface area contributed by atoms with E-state index in [0.717, 1.165) is 38.8 Å². The molecule has 0 radical (unpaired) electrons. The molecule has 0 N–H and O–H groups in total. The first-order valence-corrected chi connectivity index (χ1v) is 7.42. The van der Waals surface area contributed by atoms with Crippen molar-refractivity contribution in [1.29, 1.82) is 0 Å². The molecule has 1 aromatic rings. The Labute approximate surface area is 119 Å². The van der Waals surface area contributed by atoms with Crippen LogP contribution in [0, 0.1) is 0 Å². The van der Waals surface area contributed by atoms with E-state index in [-0.39, 0.29) is 11.3 Å². The Morgan fingerprint density at radius 1 is 1.42 bits per heavy atom. The van der Waals surface area contributed by atoms with Crippen LogP contribution in [0.3, 0.4) is 0 Å². The number of rotatable bonds is 5. The molecule has 1 aliphatic rings. The van der Waals surface area contributed by atoms with Crippen LogP contribution < -0.4 is 0 Å². The van der Waals surface area contributed by atoms with Crippen LogP contribution in [-0.4, -0.2) is 39.1 Å². The average Bonchev–Trinajstić information content (AvgIpc) is 2.99. The third-order valence-electron chi connectivity index (χ3n) is 4.33. The summed E-state index contributed by atoms with van der Waals surface area (Å²) in [4.78, 5) is 15.3. The zero-order chi connectivity index (χ0) is 14.0. The maximum absolute atomic E-state index is 13.0. The SMILES string of the molecule is CCN(CC)C1(C(=O)c2c(Cl)cnn2C)CCCC1. The second-order valence-corrected chi connectivity index (χ2v) is 5.61. The van der Waals surface area contributed by atoms with Gasteiger partial charge in [-0.2, -0.15) is 5.10 Å². The van der Waals surface area contributed by atoms with Crippen molar-refractivity contribution in [3.05, 3.63) is 16.9 Å². The molecule has 1 aromatic heterocycles. The molecule has 1 aliphatic carbocycles. The molecular formula is C14H22ClN3O. The summed E-state index contributed by atoms with van der Waals surface area (Å²) in [5, 5.41) is 4.56. The fourth-order valence-corrected chi connectivity index (χ4v) is 3.61. The molecule has 0 spiro atoms. The topological polar surface area (TPSA) is 38.1 Å². The fraction of sp³-hybridized carbons (Fsp3) is 0.714. The van der Waals surface area contributed by atoms with Crippen LogP contribution in [0.25, 0.3) is 0 Å². The highest BCUT2D eigenvalue weighted by Gasteiger charge is 2.46. The van der Waals surface area contributed by atoms with Gasteiger partial charge in [-0.15, -0.1) is 0 Å². The van der Waals surface area contributed by atoms with Crippen LogP contribution in [0.15, 0.2) is 6.20 Å². The number of Topliss-reactive ketones (excluding diaryl/α,β-unsaturated/α-hetero) is 1. The van der Waals surface area contributed by atoms with Crippen molar-refractivity contribution in [2.24, 2.45) is 7.05 Å². The van der Waals surface area contributed by atoms with E-state index in [0.29, 0.717) is 10.7 Å². The molecule has 0 unspecified atom stereocenters. The van der Waals surface area contributed by atoms with Gasteiger partial charge in [0.1, 0.15) is 5.69 Å². The number of hydrogen-bond acceptors (Lipinski definition) is 3. The summed E-state index contributed by atoms with van der Waals surface area (Å²) < 4.78 is 1.61. The van der Waals surface area contributed by atoms with E-state index >= 15 is 0 Å². The van der Waals surface area contributed by atoms with Gasteiger partial charge in [0.05, 0.1) is 16.8 Å². The van der Waals surface area contributed by atoms with Gasteiger partial charge in [-0.3, -0.25) is 14.4 Å². The number of hydrogen-bond donors (Lipinski definition) is 0. The van der Waals surface area contributed by atoms with Crippen LogP contribution in [-0.2, 0) is 7.05 Å². The van der Waals surface area contributed by atoms with E-state index < -0.39 is 0 Å². The first-order chi connectivity index (χ1) is 9.06. The molecule has 19 heavy (non-hydrogen) atoms. The molecule has 1 heterocycles. The van der Waals surface area contributed by atoms with Gasteiger partial charge < -0.3 is 0 Å². The van der Waals surface area contributed by atoms with E-state index in [1.807, 2.05) is 0 Å². The third-order valence-corrected chi connectivity index (χ3v) is 4.61. The summed E-state index contributed by atoms with van der Waals surface area (Å²) in [5.74, 6) is 0.138. The zero-order valence-corrected chi connectivity index (χ0v) is 12.7. The lowest BCUT2D eigenvalue weighted by atomic mass is 9.87. The summed E-state index contributed by atoms with van der Waals surface area (Å²) in [6, 6.07) is 0. The van der Waals surface area contributed by atoms with Gasteiger partial charge in [0.25, 0.3) is 0 Å². The summed E-state index contributed by atoms with van der Waals surface area (Å²) in [6.45, 7) is 6.00. The van der Waals surface area contributed by atoms with Crippen molar-refractivity contribution in [3.8, 4) is 0 Å². The molecule has 0 amide bonds. The van der Waals surface area contributed by atoms with Gasteiger partial charge in [-0.1, -0.05) is 38.3 Å². The van der Waals surface area contributed by atoms with Crippen LogP contribution in [0.4, 0.5) is 0 Å². The van der Waals surface area contributed by atoms with E-state index in [9.17, 15) is 4.79 Å². The Hall–Kier alpha value is -0.870. The number of aryl methyl sites for hydroxylation is 1. The largest absolute Gasteiger partial charge is 0.291 e. The van der Waals surface area contributed by atoms with Crippen molar-refractivity contribution in [2.45, 2.75) is 45.1 Å². The lowest BCUT2D eigenvalue weighted by molar-refractivity contribution is 0.0574. The van der Waals surface area contributed by atoms with Crippen molar-refractivity contribution < 1.29 is 4.79 Å². The minimum Gasteiger partial charge on any atom is -0.291 e. The number of aromatic nitrogens is 2. The Morgan fingerprint density at radius 2 is 2.00 bits per heavy atom. The minimum atomic E-state index is -0.374. The van der Waals surface area contributed by atoms with Gasteiger partial charge in [0, 0.05) is 7.05 Å². The number of carbonyl (C=O) groups is 1. The molecule has 1 saturated carbocycles. The first-order valence-electron chi connectivity index (χ1n) is 7.04. The summed E-state index contributed by atoms with van der Waals surface area (Å²) in [6.07, 6.45) is 5.62. The second-order valence-electron chi connectivity index (χ2n) is 5.20. The molecular weight excluding hydrogens is 262 g/mol. The molecule has 4 nitrogen and oxygen atoms in total. The summed E-state index contributed by atoms with van der Waals surface area (Å²) >= 11 is 6.15. The van der Waals surface area contributed by atoms with Crippen LogP contribution in [0.1, 0.15) is 50.0 Å². The Kier molecular flexibility index (Phi) is 4.31. The standard InChI is InChI=1S/C14H22ClN3O/c1-4-18(5-2)14(8-6-7-9-14)13(19)12-11(15)10-16-17(12)3/h10H,4-9H2,1-3H3. The number of nitrogens with zero attached hydrogens (tertiary/aromatic N) is 3. The van der Waals surface area contributed by atoms with Crippen LogP contribution >= 0.6 is 11.6 Å². The van der Waals surface area contributed by atoms with Crippen molar-refractivity contribution in [3.63, 3.8) is 0 Å². The van der Waals surface area contributed by atoms with Crippen molar-refractivity contribution in [2.75, 3.05) is 13.1 Å². The maximum Gasteiger partial charge on any atom is 0.202 e. The van der Waals surface area contributed by atoms with Crippen LogP contribution in [0.5, 0.6) is 0 Å². The lowest BCUT2D eigenvalue weighted by Gasteiger charge is -2.38.